The van der Waals surface area contributed by atoms with Crippen molar-refractivity contribution in [3.8, 4) is 5.69 Å². The van der Waals surface area contributed by atoms with E-state index in [1.54, 1.807) is 0 Å². The monoisotopic (exact) mass is 314 g/mol. The number of rotatable bonds is 5. The van der Waals surface area contributed by atoms with Crippen molar-refractivity contribution in [1.29, 1.82) is 0 Å². The largest absolute Gasteiger partial charge is 0.381 e. The smallest absolute Gasteiger partial charge is 0.276 e. The first-order valence-corrected chi connectivity index (χ1v) is 8.05. The Morgan fingerprint density at radius 3 is 2.78 bits per heavy atom. The van der Waals surface area contributed by atoms with Gasteiger partial charge in [-0.2, -0.15) is 9.90 Å². The van der Waals surface area contributed by atoms with E-state index >= 15 is 0 Å². The number of hydrogen-bond donors (Lipinski definition) is 0. The van der Waals surface area contributed by atoms with Crippen molar-refractivity contribution in [3.05, 3.63) is 41.7 Å². The lowest BCUT2D eigenvalue weighted by molar-refractivity contribution is 0.0723. The summed E-state index contributed by atoms with van der Waals surface area (Å²) in [6.45, 7) is 6.72. The molecule has 6 nitrogen and oxygen atoms in total. The normalized spacial score (nSPS) is 17.4. The van der Waals surface area contributed by atoms with Gasteiger partial charge in [0.1, 0.15) is 0 Å². The molecular formula is C17H22N4O2. The van der Waals surface area contributed by atoms with E-state index in [1.165, 1.54) is 4.80 Å². The molecule has 1 saturated heterocycles. The minimum atomic E-state index is -0.0564. The third-order valence-electron chi connectivity index (χ3n) is 4.14. The number of carbonyl (C=O) groups excluding carboxylic acids is 1. The van der Waals surface area contributed by atoms with Crippen molar-refractivity contribution < 1.29 is 9.53 Å². The number of ether oxygens (including phenoxy) is 1. The van der Waals surface area contributed by atoms with Crippen LogP contribution in [-0.4, -0.2) is 52.1 Å². The van der Waals surface area contributed by atoms with Crippen LogP contribution in [-0.2, 0) is 4.74 Å². The molecule has 0 aliphatic carbocycles. The first kappa shape index (κ1) is 15.7. The van der Waals surface area contributed by atoms with Crippen molar-refractivity contribution >= 4 is 5.91 Å². The molecule has 0 saturated carbocycles. The number of carbonyl (C=O) groups is 1. The Morgan fingerprint density at radius 1 is 1.35 bits per heavy atom. The van der Waals surface area contributed by atoms with E-state index in [1.807, 2.05) is 49.1 Å². The fraction of sp³-hybridized carbons (Fsp3) is 0.471. The fourth-order valence-corrected chi connectivity index (χ4v) is 2.80. The average molecular weight is 314 g/mol. The number of amides is 1. The van der Waals surface area contributed by atoms with Gasteiger partial charge in [-0.05, 0) is 32.4 Å². The van der Waals surface area contributed by atoms with Gasteiger partial charge in [0.05, 0.1) is 18.0 Å². The molecule has 122 valence electrons. The van der Waals surface area contributed by atoms with Gasteiger partial charge in [-0.3, -0.25) is 4.79 Å². The van der Waals surface area contributed by atoms with Crippen LogP contribution in [0.3, 0.4) is 0 Å². The Hall–Kier alpha value is -2.21. The molecule has 1 aliphatic heterocycles. The topological polar surface area (TPSA) is 60.2 Å². The van der Waals surface area contributed by atoms with E-state index in [0.29, 0.717) is 30.4 Å². The molecule has 0 radical (unpaired) electrons. The van der Waals surface area contributed by atoms with Crippen molar-refractivity contribution in [2.24, 2.45) is 5.92 Å². The van der Waals surface area contributed by atoms with Gasteiger partial charge in [0.25, 0.3) is 5.91 Å². The summed E-state index contributed by atoms with van der Waals surface area (Å²) in [5, 5.41) is 8.79. The van der Waals surface area contributed by atoms with Gasteiger partial charge in [-0.1, -0.05) is 18.2 Å². The van der Waals surface area contributed by atoms with Gasteiger partial charge >= 0.3 is 0 Å². The number of nitrogens with zero attached hydrogens (tertiary/aromatic N) is 4. The fourth-order valence-electron chi connectivity index (χ4n) is 2.80. The summed E-state index contributed by atoms with van der Waals surface area (Å²) in [6, 6.07) is 9.62. The lowest BCUT2D eigenvalue weighted by Crippen LogP contribution is -2.36. The molecule has 1 fully saturated rings. The highest BCUT2D eigenvalue weighted by molar-refractivity contribution is 5.93. The molecule has 1 aromatic carbocycles. The van der Waals surface area contributed by atoms with Crippen molar-refractivity contribution in [3.63, 3.8) is 0 Å². The van der Waals surface area contributed by atoms with Crippen LogP contribution in [0, 0.1) is 12.8 Å². The quantitative estimate of drug-likeness (QED) is 0.848. The van der Waals surface area contributed by atoms with E-state index in [0.717, 1.165) is 25.3 Å². The zero-order valence-corrected chi connectivity index (χ0v) is 13.6. The van der Waals surface area contributed by atoms with Crippen LogP contribution in [0.1, 0.15) is 29.5 Å². The maximum Gasteiger partial charge on any atom is 0.276 e. The Kier molecular flexibility index (Phi) is 4.71. The van der Waals surface area contributed by atoms with E-state index < -0.39 is 0 Å². The molecular weight excluding hydrogens is 292 g/mol. The Labute approximate surface area is 136 Å². The summed E-state index contributed by atoms with van der Waals surface area (Å²) < 4.78 is 5.40. The third kappa shape index (κ3) is 3.42. The number of benzene rings is 1. The summed E-state index contributed by atoms with van der Waals surface area (Å²) in [6.07, 6.45) is 1.01. The zero-order chi connectivity index (χ0) is 16.2. The van der Waals surface area contributed by atoms with Gasteiger partial charge in [0, 0.05) is 25.6 Å². The van der Waals surface area contributed by atoms with Crippen LogP contribution in [0.2, 0.25) is 0 Å². The Morgan fingerprint density at radius 2 is 2.13 bits per heavy atom. The summed E-state index contributed by atoms with van der Waals surface area (Å²) in [4.78, 5) is 16.2. The second-order valence-electron chi connectivity index (χ2n) is 5.83. The van der Waals surface area contributed by atoms with Crippen molar-refractivity contribution in [2.75, 3.05) is 26.3 Å². The molecule has 1 amide bonds. The van der Waals surface area contributed by atoms with Gasteiger partial charge in [-0.15, -0.1) is 5.10 Å². The molecule has 6 heteroatoms. The van der Waals surface area contributed by atoms with Crippen LogP contribution < -0.4 is 0 Å². The molecule has 0 bridgehead atoms. The zero-order valence-electron chi connectivity index (χ0n) is 13.6. The molecule has 2 heterocycles. The summed E-state index contributed by atoms with van der Waals surface area (Å²) >= 11 is 0. The molecule has 1 aromatic heterocycles. The standard InChI is InChI=1S/C17H22N4O2/c1-3-20(11-14-9-10-23-12-14)17(22)16-13(2)18-21(19-16)15-7-5-4-6-8-15/h4-8,14H,3,9-12H2,1-2H3. The number of para-hydroxylation sites is 1. The van der Waals surface area contributed by atoms with Crippen molar-refractivity contribution in [2.45, 2.75) is 20.3 Å². The lowest BCUT2D eigenvalue weighted by atomic mass is 10.1. The third-order valence-corrected chi connectivity index (χ3v) is 4.14. The van der Waals surface area contributed by atoms with Crippen LogP contribution in [0.25, 0.3) is 5.69 Å². The minimum absolute atomic E-state index is 0.0564. The van der Waals surface area contributed by atoms with Gasteiger partial charge < -0.3 is 9.64 Å². The first-order valence-electron chi connectivity index (χ1n) is 8.05. The van der Waals surface area contributed by atoms with Crippen LogP contribution in [0.5, 0.6) is 0 Å². The van der Waals surface area contributed by atoms with E-state index in [2.05, 4.69) is 10.2 Å². The molecule has 0 spiro atoms. The molecule has 1 unspecified atom stereocenters. The van der Waals surface area contributed by atoms with Crippen LogP contribution in [0.4, 0.5) is 0 Å². The number of aryl methyl sites for hydroxylation is 1. The number of hydrogen-bond acceptors (Lipinski definition) is 4. The first-order chi connectivity index (χ1) is 11.2. The molecule has 1 aliphatic rings. The minimum Gasteiger partial charge on any atom is -0.381 e. The second-order valence-corrected chi connectivity index (χ2v) is 5.83. The number of aromatic nitrogens is 3. The van der Waals surface area contributed by atoms with E-state index in [-0.39, 0.29) is 5.91 Å². The van der Waals surface area contributed by atoms with Gasteiger partial charge in [0.15, 0.2) is 5.69 Å². The van der Waals surface area contributed by atoms with Gasteiger partial charge in [0.2, 0.25) is 0 Å². The maximum atomic E-state index is 12.8. The molecule has 0 N–H and O–H groups in total. The SMILES string of the molecule is CCN(CC1CCOC1)C(=O)c1nn(-c2ccccc2)nc1C. The summed E-state index contributed by atoms with van der Waals surface area (Å²) in [5.41, 5.74) is 1.93. The highest BCUT2D eigenvalue weighted by Gasteiger charge is 2.25. The molecule has 23 heavy (non-hydrogen) atoms. The van der Waals surface area contributed by atoms with Crippen LogP contribution in [0.15, 0.2) is 30.3 Å². The predicted molar refractivity (Wildman–Crippen MR) is 86.6 cm³/mol. The second kappa shape index (κ2) is 6.91. The highest BCUT2D eigenvalue weighted by atomic mass is 16.5. The molecule has 1 atom stereocenters. The maximum absolute atomic E-state index is 12.8. The van der Waals surface area contributed by atoms with Gasteiger partial charge in [-0.25, -0.2) is 0 Å². The van der Waals surface area contributed by atoms with E-state index in [9.17, 15) is 4.79 Å². The van der Waals surface area contributed by atoms with Crippen LogP contribution >= 0.6 is 0 Å². The average Bonchev–Trinajstić information content (AvgIpc) is 3.22. The Bertz CT molecular complexity index is 662. The lowest BCUT2D eigenvalue weighted by Gasteiger charge is -2.22. The highest BCUT2D eigenvalue weighted by Crippen LogP contribution is 2.16. The molecule has 3 rings (SSSR count). The van der Waals surface area contributed by atoms with Crippen molar-refractivity contribution in [1.82, 2.24) is 19.9 Å². The summed E-state index contributed by atoms with van der Waals surface area (Å²) in [5.74, 6) is 0.363. The summed E-state index contributed by atoms with van der Waals surface area (Å²) in [7, 11) is 0. The van der Waals surface area contributed by atoms with E-state index in [4.69, 9.17) is 4.74 Å². The predicted octanol–water partition coefficient (Wildman–Crippen LogP) is 2.07. The molecule has 2 aromatic rings. The Balaban J connectivity index is 1.79.